The van der Waals surface area contributed by atoms with Crippen LogP contribution in [-0.4, -0.2) is 120 Å². The lowest BCUT2D eigenvalue weighted by Crippen LogP contribution is -2.36. The lowest BCUT2D eigenvalue weighted by atomic mass is 10.2. The molecule has 456 valence electrons. The van der Waals surface area contributed by atoms with Gasteiger partial charge in [0.2, 0.25) is 26.5 Å². The van der Waals surface area contributed by atoms with E-state index >= 15 is 0 Å². The van der Waals surface area contributed by atoms with Gasteiger partial charge in [0.15, 0.2) is 59.6 Å². The molecule has 0 aliphatic carbocycles. The molecule has 35 heteroatoms. The molecule has 11 rings (SSSR count). The number of nitrogens with zero attached hydrogens (tertiary/aromatic N) is 12. The van der Waals surface area contributed by atoms with Crippen molar-refractivity contribution in [1.29, 1.82) is 0 Å². The zero-order chi connectivity index (χ0) is 63.7. The lowest BCUT2D eigenvalue weighted by molar-refractivity contribution is -0.121. The van der Waals surface area contributed by atoms with E-state index in [1.807, 2.05) is 19.9 Å². The molecule has 0 spiro atoms. The quantitative estimate of drug-likeness (QED) is 0.0669. The van der Waals surface area contributed by atoms with E-state index < -0.39 is 25.9 Å². The van der Waals surface area contributed by atoms with Gasteiger partial charge in [-0.3, -0.25) is 24.2 Å². The number of fused-ring (bicyclic) bond motifs is 3. The molecule has 0 atom stereocenters. The fourth-order valence-electron chi connectivity index (χ4n) is 7.37. The van der Waals surface area contributed by atoms with Gasteiger partial charge < -0.3 is 46.5 Å². The highest BCUT2D eigenvalue weighted by molar-refractivity contribution is 7.89. The number of rotatable bonds is 8. The normalized spacial score (nSPS) is 13.1. The molecule has 9 heterocycles. The van der Waals surface area contributed by atoms with Gasteiger partial charge in [-0.05, 0) is 123 Å². The Bertz CT molecular complexity index is 4180. The molecule has 11 N–H and O–H groups in total. The van der Waals surface area contributed by atoms with Crippen LogP contribution in [0.15, 0.2) is 101 Å². The van der Waals surface area contributed by atoms with Gasteiger partial charge in [0.1, 0.15) is 34.2 Å². The Labute approximate surface area is 511 Å². The molecular formula is C52H53Cl3FN19O10S2. The van der Waals surface area contributed by atoms with Gasteiger partial charge in [-0.2, -0.15) is 9.97 Å². The summed E-state index contributed by atoms with van der Waals surface area (Å²) in [5.41, 5.74) is 15.3. The molecule has 2 aromatic carbocycles. The van der Waals surface area contributed by atoms with Crippen molar-refractivity contribution in [3.63, 3.8) is 0 Å². The summed E-state index contributed by atoms with van der Waals surface area (Å²) in [4.78, 5) is 74.3. The van der Waals surface area contributed by atoms with Crippen molar-refractivity contribution in [3.8, 4) is 17.2 Å². The summed E-state index contributed by atoms with van der Waals surface area (Å²) in [5.74, 6) is 2.93. The van der Waals surface area contributed by atoms with E-state index in [0.717, 1.165) is 17.3 Å². The Morgan fingerprint density at radius 3 is 1.68 bits per heavy atom. The molecule has 0 bridgehead atoms. The van der Waals surface area contributed by atoms with Gasteiger partial charge in [-0.25, -0.2) is 66.4 Å². The number of hydrogen-bond donors (Lipinski definition) is 7. The number of benzene rings is 2. The van der Waals surface area contributed by atoms with Gasteiger partial charge in [-0.1, -0.05) is 23.7 Å². The third kappa shape index (κ3) is 17.1. The van der Waals surface area contributed by atoms with Crippen LogP contribution in [0, 0.1) is 33.5 Å². The zero-order valence-electron chi connectivity index (χ0n) is 46.9. The van der Waals surface area contributed by atoms with E-state index in [0.29, 0.717) is 79.7 Å². The maximum Gasteiger partial charge on any atom is 0.265 e. The van der Waals surface area contributed by atoms with Crippen molar-refractivity contribution >= 4 is 136 Å². The molecule has 0 saturated heterocycles. The van der Waals surface area contributed by atoms with Crippen LogP contribution in [-0.2, 0) is 34.4 Å². The van der Waals surface area contributed by atoms with E-state index in [9.17, 15) is 35.6 Å². The fraction of sp³-hybridized carbons (Fsp3) is 0.192. The Balaban J connectivity index is 0.000000168. The number of halogens is 4. The Kier molecular flexibility index (Phi) is 20.7. The molecule has 0 radical (unpaired) electrons. The minimum atomic E-state index is -3.85. The smallest absolute Gasteiger partial charge is 0.265 e. The monoisotopic (exact) mass is 1290 g/mol. The molecule has 3 amide bonds. The topological polar surface area (TPSA) is 413 Å². The Morgan fingerprint density at radius 1 is 0.529 bits per heavy atom. The highest BCUT2D eigenvalue weighted by atomic mass is 35.5. The first-order chi connectivity index (χ1) is 40.9. The van der Waals surface area contributed by atoms with Crippen LogP contribution in [0.25, 0.3) is 0 Å². The third-order valence-electron chi connectivity index (χ3n) is 12.0. The average Bonchev–Trinajstić information content (AvgIpc) is 2.02. The van der Waals surface area contributed by atoms with Crippen molar-refractivity contribution in [2.24, 2.45) is 10.3 Å². The summed E-state index contributed by atoms with van der Waals surface area (Å²) in [6.07, 6.45) is 4.18. The number of nitrogen functional groups attached to an aromatic ring is 2. The van der Waals surface area contributed by atoms with Gasteiger partial charge in [-0.15, -0.1) is 0 Å². The fourth-order valence-corrected chi connectivity index (χ4v) is 9.36. The average molecular weight is 1290 g/mol. The molecular weight excluding hydrogens is 1240 g/mol. The number of carbonyl (C=O) groups excluding carboxylic acids is 3. The van der Waals surface area contributed by atoms with Crippen molar-refractivity contribution in [3.05, 3.63) is 135 Å². The van der Waals surface area contributed by atoms with Crippen LogP contribution in [0.5, 0.6) is 17.2 Å². The van der Waals surface area contributed by atoms with Crippen molar-refractivity contribution < 1.29 is 49.8 Å². The summed E-state index contributed by atoms with van der Waals surface area (Å²) in [6.45, 7) is 6.99. The minimum absolute atomic E-state index is 0.0164. The molecule has 0 saturated carbocycles. The van der Waals surface area contributed by atoms with Crippen LogP contribution in [0.3, 0.4) is 0 Å². The number of pyridine rings is 3. The third-order valence-corrected chi connectivity index (χ3v) is 14.8. The van der Waals surface area contributed by atoms with E-state index in [4.69, 9.17) is 70.8 Å². The number of carbonyl (C=O) groups is 3. The van der Waals surface area contributed by atoms with Gasteiger partial charge >= 0.3 is 0 Å². The second kappa shape index (κ2) is 27.7. The molecule has 0 fully saturated rings. The highest BCUT2D eigenvalue weighted by Gasteiger charge is 2.26. The number of amides is 3. The Morgan fingerprint density at radius 2 is 1.06 bits per heavy atom. The zero-order valence-corrected chi connectivity index (χ0v) is 50.8. The number of nitrogens with two attached hydrogens (primary N) is 4. The lowest BCUT2D eigenvalue weighted by Gasteiger charge is -2.26. The molecule has 29 nitrogen and oxygen atoms in total. The summed E-state index contributed by atoms with van der Waals surface area (Å²) in [6, 6.07) is 19.9. The van der Waals surface area contributed by atoms with Crippen molar-refractivity contribution in [1.82, 2.24) is 44.9 Å². The van der Waals surface area contributed by atoms with E-state index in [1.165, 1.54) is 21.9 Å². The van der Waals surface area contributed by atoms with E-state index in [2.05, 4.69) is 60.8 Å². The van der Waals surface area contributed by atoms with E-state index in [1.54, 1.807) is 107 Å². The SMILES string of the molecule is CN1C(=O)COc2ccc(N)nc21.CN1C(=O)COc2ccc(Nc3nc(Cl)ncc3F)nc21.Cc1ccc(N)nc1S(N)(=O)=O.Cc1ccc(Nc2ncc(C)c(Nc3ccc4c(c3)N(C)C(=O)CO4)n2)cc1S(N)(=O)=O.Cc1cnc(Cl)nc1Cl. The van der Waals surface area contributed by atoms with Crippen LogP contribution >= 0.6 is 34.8 Å². The first-order valence-electron chi connectivity index (χ1n) is 24.9. The first kappa shape index (κ1) is 65.1. The summed E-state index contributed by atoms with van der Waals surface area (Å²) >= 11 is 16.6. The number of likely N-dealkylation sites (N-methyl/N-ethyl adjacent to an activating group) is 3. The molecule has 8 aromatic rings. The van der Waals surface area contributed by atoms with Gasteiger partial charge in [0.25, 0.3) is 27.7 Å². The van der Waals surface area contributed by atoms with Crippen molar-refractivity contribution in [2.75, 3.05) is 83.1 Å². The molecule has 3 aliphatic rings. The standard InChI is InChI=1S/C21H22N6O4S.C12H9ClFN5O2.C8H9N3O2.C6H9N3O2S.C5H4Cl2N2/c1-12-4-5-15(9-18(12)32(22,29)30)25-21-23-10-13(2)20(26-21)24-14-6-7-17-16(8-14)27(3)19(28)11-31-17;1-19-9(20)5-21-7-2-3-8(17-11(7)19)16-10-6(14)4-15-12(13)18-10;1-11-7(12)4-13-5-2-3-6(9)10-8(5)11;1-4-2-3-5(7)9-6(4)12(8,10)11;1-3-2-8-5(7)9-4(3)6/h4-10H,11H2,1-3H3,(H2,22,29,30)(H2,23,24,25,26);2-4H,5H2,1H3,(H,15,16,17,18);2-3H,4H2,1H3,(H2,9,10);2-3H,1H3,(H2,7,9)(H2,8,10,11);2H,1H3. The van der Waals surface area contributed by atoms with Crippen LogP contribution in [0.1, 0.15) is 22.3 Å². The van der Waals surface area contributed by atoms with Gasteiger partial charge in [0, 0.05) is 56.0 Å². The number of sulfonamides is 2. The highest BCUT2D eigenvalue weighted by Crippen LogP contribution is 2.36. The summed E-state index contributed by atoms with van der Waals surface area (Å²) in [5, 5.41) is 19.4. The van der Waals surface area contributed by atoms with E-state index in [-0.39, 0.29) is 75.6 Å². The summed E-state index contributed by atoms with van der Waals surface area (Å²) in [7, 11) is -2.67. The van der Waals surface area contributed by atoms with Crippen LogP contribution in [0.4, 0.5) is 68.1 Å². The predicted molar refractivity (Wildman–Crippen MR) is 324 cm³/mol. The maximum atomic E-state index is 13.6. The second-order valence-electron chi connectivity index (χ2n) is 18.5. The molecule has 6 aromatic heterocycles. The first-order valence-corrected chi connectivity index (χ1v) is 29.1. The molecule has 3 aliphatic heterocycles. The minimum Gasteiger partial charge on any atom is -0.482 e. The maximum absolute atomic E-state index is 13.6. The molecule has 0 unspecified atom stereocenters. The Hall–Kier alpha value is -9.44. The number of ether oxygens (including phenoxy) is 3. The number of nitrogens with one attached hydrogen (secondary N) is 3. The second-order valence-corrected chi connectivity index (χ2v) is 22.5. The number of primary sulfonamides is 2. The number of aromatic nitrogens is 9. The number of aryl methyl sites for hydroxylation is 4. The van der Waals surface area contributed by atoms with Crippen LogP contribution in [0.2, 0.25) is 15.7 Å². The van der Waals surface area contributed by atoms with Crippen molar-refractivity contribution in [2.45, 2.75) is 37.6 Å². The van der Waals surface area contributed by atoms with Gasteiger partial charge in [0.05, 0.1) is 16.8 Å². The number of anilines is 11. The predicted octanol–water partition coefficient (Wildman–Crippen LogP) is 6.08. The number of hydrogen-bond acceptors (Lipinski definition) is 24. The molecule has 87 heavy (non-hydrogen) atoms. The summed E-state index contributed by atoms with van der Waals surface area (Å²) < 4.78 is 74.7. The largest absolute Gasteiger partial charge is 0.482 e. The van der Waals surface area contributed by atoms with Crippen LogP contribution < -0.4 is 66.6 Å².